The molecule has 0 spiro atoms. The first kappa shape index (κ1) is 23.4. The molecule has 0 aliphatic carbocycles. The molecule has 5 rings (SSSR count). The minimum Gasteiger partial charge on any atom is -0.330 e. The lowest BCUT2D eigenvalue weighted by molar-refractivity contribution is -0.107. The van der Waals surface area contributed by atoms with Gasteiger partial charge >= 0.3 is 0 Å². The Kier molecular flexibility index (Phi) is 5.58. The quantitative estimate of drug-likeness (QED) is 0.281. The predicted octanol–water partition coefficient (Wildman–Crippen LogP) is 6.10. The highest BCUT2D eigenvalue weighted by molar-refractivity contribution is 6.89. The zero-order valence-electron chi connectivity index (χ0n) is 17.5. The van der Waals surface area contributed by atoms with E-state index in [1.807, 2.05) is 23.7 Å². The molecule has 0 N–H and O–H groups in total. The van der Waals surface area contributed by atoms with E-state index in [1.54, 1.807) is 41.9 Å². The summed E-state index contributed by atoms with van der Waals surface area (Å²) in [4.78, 5) is 26.0. The highest BCUT2D eigenvalue weighted by Crippen LogP contribution is 2.35. The van der Waals surface area contributed by atoms with Crippen molar-refractivity contribution >= 4 is 97.1 Å². The van der Waals surface area contributed by atoms with Gasteiger partial charge in [0.2, 0.25) is 9.58 Å². The summed E-state index contributed by atoms with van der Waals surface area (Å²) in [6, 6.07) is 12.2. The van der Waals surface area contributed by atoms with Crippen molar-refractivity contribution in [1.82, 2.24) is 9.13 Å². The molecule has 4 aromatic rings. The normalized spacial score (nSPS) is 14.3. The summed E-state index contributed by atoms with van der Waals surface area (Å²) >= 11 is 30.0. The zero-order chi connectivity index (χ0) is 24.5. The lowest BCUT2D eigenvalue weighted by Gasteiger charge is -2.09. The van der Waals surface area contributed by atoms with Gasteiger partial charge in [-0.1, -0.05) is 70.1 Å². The van der Waals surface area contributed by atoms with Gasteiger partial charge in [-0.05, 0) is 30.3 Å². The van der Waals surface area contributed by atoms with Crippen molar-refractivity contribution in [3.63, 3.8) is 0 Å². The van der Waals surface area contributed by atoms with Crippen LogP contribution in [0.2, 0.25) is 10.0 Å². The molecule has 0 amide bonds. The van der Waals surface area contributed by atoms with Crippen LogP contribution in [0.3, 0.4) is 0 Å². The number of alkyl halides is 3. The van der Waals surface area contributed by atoms with Gasteiger partial charge in [-0.15, -0.1) is 10.2 Å². The Bertz CT molecular complexity index is 1680. The Balaban J connectivity index is 1.74. The van der Waals surface area contributed by atoms with Gasteiger partial charge in [0.1, 0.15) is 11.4 Å². The first-order chi connectivity index (χ1) is 16.0. The molecule has 0 radical (unpaired) electrons. The fourth-order valence-electron chi connectivity index (χ4n) is 4.22. The lowest BCUT2D eigenvalue weighted by Crippen LogP contribution is -2.30. The van der Waals surface area contributed by atoms with Crippen LogP contribution in [-0.4, -0.2) is 30.1 Å². The summed E-state index contributed by atoms with van der Waals surface area (Å²) in [6.45, 7) is 0. The molecule has 0 saturated heterocycles. The van der Waals surface area contributed by atoms with Crippen molar-refractivity contribution in [1.29, 1.82) is 0 Å². The van der Waals surface area contributed by atoms with Crippen LogP contribution in [0, 0.1) is 0 Å². The minimum atomic E-state index is -1.98. The number of carbonyl (C=O) groups excluding carboxylic acids is 1. The fourth-order valence-corrected chi connectivity index (χ4v) is 5.10. The van der Waals surface area contributed by atoms with E-state index < -0.39 is 9.58 Å². The molecule has 34 heavy (non-hydrogen) atoms. The molecule has 2 aromatic carbocycles. The summed E-state index contributed by atoms with van der Waals surface area (Å²) in [5, 5.41) is 10.2. The molecule has 6 nitrogen and oxygen atoms in total. The third kappa shape index (κ3) is 3.56. The van der Waals surface area contributed by atoms with E-state index in [9.17, 15) is 9.59 Å². The van der Waals surface area contributed by atoms with Crippen LogP contribution in [-0.2, 0) is 18.9 Å². The molecule has 0 bridgehead atoms. The van der Waals surface area contributed by atoms with Crippen LogP contribution < -0.4 is 5.56 Å². The summed E-state index contributed by atoms with van der Waals surface area (Å²) in [5.41, 5.74) is 2.66. The predicted molar refractivity (Wildman–Crippen MR) is 140 cm³/mol. The maximum Gasteiger partial charge on any atom is 0.259 e. The standard InChI is InChI=1S/C23H13Cl5N4O2/c1-31-17-6-3-10(18-19(33)20(30-29-18)23(26,27)28)7-13(17)14-9-15(22(34)32(2)21(14)31)12-5-4-11(24)8-16(12)25/h3-9H,1-2H3. The van der Waals surface area contributed by atoms with E-state index in [0.29, 0.717) is 32.4 Å². The number of halogens is 5. The topological polar surface area (TPSA) is 68.7 Å². The second-order valence-electron chi connectivity index (χ2n) is 7.80. The largest absolute Gasteiger partial charge is 0.330 e. The summed E-state index contributed by atoms with van der Waals surface area (Å²) in [6.07, 6.45) is 0. The second-order valence-corrected chi connectivity index (χ2v) is 10.9. The average Bonchev–Trinajstić information content (AvgIpc) is 3.29. The first-order valence-corrected chi connectivity index (χ1v) is 11.7. The number of benzene rings is 2. The van der Waals surface area contributed by atoms with Gasteiger partial charge in [-0.3, -0.25) is 14.2 Å². The molecule has 0 atom stereocenters. The molecular weight excluding hydrogens is 542 g/mol. The van der Waals surface area contributed by atoms with E-state index in [4.69, 9.17) is 58.0 Å². The van der Waals surface area contributed by atoms with Crippen LogP contribution in [0.4, 0.5) is 0 Å². The lowest BCUT2D eigenvalue weighted by atomic mass is 10.0. The van der Waals surface area contributed by atoms with Gasteiger partial charge in [-0.2, -0.15) is 0 Å². The molecule has 0 unspecified atom stereocenters. The van der Waals surface area contributed by atoms with Gasteiger partial charge < -0.3 is 4.57 Å². The number of carbonyl (C=O) groups is 1. The number of hydrogen-bond acceptors (Lipinski definition) is 4. The van der Waals surface area contributed by atoms with Crippen molar-refractivity contribution in [2.75, 3.05) is 0 Å². The Morgan fingerprint density at radius 1 is 0.824 bits per heavy atom. The number of rotatable bonds is 2. The first-order valence-electron chi connectivity index (χ1n) is 9.84. The van der Waals surface area contributed by atoms with Crippen LogP contribution in [0.25, 0.3) is 33.1 Å². The maximum atomic E-state index is 13.2. The highest BCUT2D eigenvalue weighted by Gasteiger charge is 2.39. The van der Waals surface area contributed by atoms with Crippen LogP contribution in [0.15, 0.2) is 57.5 Å². The number of Topliss-reactive ketones (excluding diaryl/α,β-unsaturated/α-hetero) is 1. The van der Waals surface area contributed by atoms with Crippen LogP contribution >= 0.6 is 58.0 Å². The fraction of sp³-hybridized carbons (Fsp3) is 0.130. The minimum absolute atomic E-state index is 0.0750. The maximum absolute atomic E-state index is 13.2. The van der Waals surface area contributed by atoms with E-state index in [1.165, 1.54) is 0 Å². The summed E-state index contributed by atoms with van der Waals surface area (Å²) < 4.78 is 1.50. The Hall–Kier alpha value is -2.35. The molecule has 11 heteroatoms. The number of hydrogen-bond donors (Lipinski definition) is 0. The molecule has 0 saturated carbocycles. The van der Waals surface area contributed by atoms with Crippen LogP contribution in [0.5, 0.6) is 0 Å². The summed E-state index contributed by atoms with van der Waals surface area (Å²) in [5.74, 6) is -0.555. The number of aryl methyl sites for hydroxylation is 2. The summed E-state index contributed by atoms with van der Waals surface area (Å²) in [7, 11) is 3.56. The van der Waals surface area contributed by atoms with Crippen molar-refractivity contribution < 1.29 is 4.79 Å². The third-order valence-corrected chi connectivity index (χ3v) is 6.88. The number of nitrogens with zero attached hydrogens (tertiary/aromatic N) is 4. The van der Waals surface area contributed by atoms with Crippen LogP contribution in [0.1, 0.15) is 5.56 Å². The average molecular weight is 555 g/mol. The second kappa shape index (κ2) is 8.11. The SMILES string of the molecule is Cn1c(=O)c(-c2ccc(Cl)cc2Cl)cc2c3cc(C4=NN=C(C(Cl)(Cl)Cl)C4=O)ccc3n(C)c21. The monoisotopic (exact) mass is 552 g/mol. The van der Waals surface area contributed by atoms with Crippen molar-refractivity contribution in [2.24, 2.45) is 24.3 Å². The van der Waals surface area contributed by atoms with E-state index in [0.717, 1.165) is 16.3 Å². The molecule has 2 aromatic heterocycles. The Morgan fingerprint density at radius 3 is 2.21 bits per heavy atom. The Morgan fingerprint density at radius 2 is 1.56 bits per heavy atom. The third-order valence-electron chi connectivity index (χ3n) is 5.79. The molecule has 172 valence electrons. The molecule has 3 heterocycles. The van der Waals surface area contributed by atoms with Gasteiger partial charge in [0.15, 0.2) is 5.71 Å². The van der Waals surface area contributed by atoms with Gasteiger partial charge in [0, 0.05) is 46.6 Å². The van der Waals surface area contributed by atoms with E-state index in [-0.39, 0.29) is 17.0 Å². The van der Waals surface area contributed by atoms with Crippen molar-refractivity contribution in [3.05, 3.63) is 68.4 Å². The molecule has 0 fully saturated rings. The van der Waals surface area contributed by atoms with Gasteiger partial charge in [0.05, 0.1) is 10.5 Å². The van der Waals surface area contributed by atoms with Gasteiger partial charge in [0.25, 0.3) is 5.56 Å². The van der Waals surface area contributed by atoms with Crippen molar-refractivity contribution in [2.45, 2.75) is 3.79 Å². The number of fused-ring (bicyclic) bond motifs is 3. The van der Waals surface area contributed by atoms with E-state index in [2.05, 4.69) is 10.2 Å². The molecule has 1 aliphatic heterocycles. The van der Waals surface area contributed by atoms with Crippen molar-refractivity contribution in [3.8, 4) is 11.1 Å². The number of pyridine rings is 1. The highest BCUT2D eigenvalue weighted by atomic mass is 35.6. The van der Waals surface area contributed by atoms with Gasteiger partial charge in [-0.25, -0.2) is 0 Å². The molecule has 1 aliphatic rings. The van der Waals surface area contributed by atoms with E-state index >= 15 is 0 Å². The number of aromatic nitrogens is 2. The number of ketones is 1. The Labute approximate surface area is 217 Å². The molecular formula is C23H13Cl5N4O2. The zero-order valence-corrected chi connectivity index (χ0v) is 21.3. The smallest absolute Gasteiger partial charge is 0.259 e.